The average Bonchev–Trinajstić information content (AvgIpc) is 2.33. The van der Waals surface area contributed by atoms with Gasteiger partial charge in [-0.3, -0.25) is 0 Å². The maximum Gasteiger partial charge on any atom is 0.127 e. The fraction of sp³-hybridized carbons (Fsp3) is 0.625. The first-order chi connectivity index (χ1) is 8.89. The number of halogens is 1. The molecule has 1 aliphatic heterocycles. The molecule has 1 aromatic rings. The molecule has 1 heterocycles. The third kappa shape index (κ3) is 2.55. The molecule has 19 heavy (non-hydrogen) atoms. The fourth-order valence-electron chi connectivity index (χ4n) is 3.30. The minimum absolute atomic E-state index is 0.150. The van der Waals surface area contributed by atoms with Gasteiger partial charge >= 0.3 is 0 Å². The molecule has 0 unspecified atom stereocenters. The van der Waals surface area contributed by atoms with E-state index in [0.717, 1.165) is 35.0 Å². The number of hydrogen-bond acceptors (Lipinski definition) is 2. The fourth-order valence-corrected chi connectivity index (χ4v) is 3.64. The molecule has 0 amide bonds. The summed E-state index contributed by atoms with van der Waals surface area (Å²) in [6, 6.07) is 5.91. The number of rotatable bonds is 0. The van der Waals surface area contributed by atoms with E-state index in [1.54, 1.807) is 0 Å². The van der Waals surface area contributed by atoms with Crippen LogP contribution in [0.15, 0.2) is 22.7 Å². The van der Waals surface area contributed by atoms with Crippen molar-refractivity contribution in [3.8, 4) is 5.75 Å². The number of hydrogen-bond donors (Lipinski definition) is 1. The van der Waals surface area contributed by atoms with E-state index in [1.807, 2.05) is 18.2 Å². The Labute approximate surface area is 123 Å². The van der Waals surface area contributed by atoms with Gasteiger partial charge in [0.05, 0.1) is 6.10 Å². The Bertz CT molecular complexity index is 486. The summed E-state index contributed by atoms with van der Waals surface area (Å²) in [5.74, 6) is 0.854. The maximum atomic E-state index is 10.4. The number of aliphatic hydroxyl groups excluding tert-OH is 1. The van der Waals surface area contributed by atoms with Crippen molar-refractivity contribution in [2.75, 3.05) is 0 Å². The predicted molar refractivity (Wildman–Crippen MR) is 79.3 cm³/mol. The van der Waals surface area contributed by atoms with Gasteiger partial charge in [-0.1, -0.05) is 35.8 Å². The van der Waals surface area contributed by atoms with E-state index >= 15 is 0 Å². The summed E-state index contributed by atoms with van der Waals surface area (Å²) < 4.78 is 7.32. The topological polar surface area (TPSA) is 29.5 Å². The van der Waals surface area contributed by atoms with Gasteiger partial charge < -0.3 is 9.84 Å². The lowest BCUT2D eigenvalue weighted by Gasteiger charge is -2.47. The number of ether oxygens (including phenoxy) is 1. The first-order valence-corrected chi connectivity index (χ1v) is 7.85. The summed E-state index contributed by atoms with van der Waals surface area (Å²) in [4.78, 5) is 0. The minimum atomic E-state index is -0.391. The Morgan fingerprint density at radius 1 is 1.21 bits per heavy atom. The molecule has 104 valence electrons. The van der Waals surface area contributed by atoms with E-state index in [1.165, 1.54) is 12.8 Å². The molecule has 1 spiro atoms. The molecular weight excluding hydrogens is 304 g/mol. The van der Waals surface area contributed by atoms with Crippen LogP contribution in [0.25, 0.3) is 0 Å². The highest BCUT2D eigenvalue weighted by atomic mass is 79.9. The second kappa shape index (κ2) is 4.49. The van der Waals surface area contributed by atoms with Crippen molar-refractivity contribution in [1.82, 2.24) is 0 Å². The molecule has 0 saturated heterocycles. The average molecular weight is 325 g/mol. The number of benzene rings is 1. The molecule has 2 nitrogen and oxygen atoms in total. The Morgan fingerprint density at radius 3 is 2.58 bits per heavy atom. The molecule has 0 bridgehead atoms. The normalized spacial score (nSPS) is 27.7. The molecule has 1 fully saturated rings. The van der Waals surface area contributed by atoms with Crippen molar-refractivity contribution in [3.05, 3.63) is 28.2 Å². The quantitative estimate of drug-likeness (QED) is 0.755. The highest BCUT2D eigenvalue weighted by Gasteiger charge is 2.44. The molecule has 3 rings (SSSR count). The predicted octanol–water partition coefficient (Wildman–Crippen LogP) is 4.60. The molecule has 2 aliphatic rings. The van der Waals surface area contributed by atoms with Crippen LogP contribution in [0.2, 0.25) is 0 Å². The lowest BCUT2D eigenvalue weighted by molar-refractivity contribution is -0.0576. The third-order valence-electron chi connectivity index (χ3n) is 4.74. The van der Waals surface area contributed by atoms with E-state index in [-0.39, 0.29) is 5.60 Å². The number of fused-ring (bicyclic) bond motifs is 1. The van der Waals surface area contributed by atoms with Gasteiger partial charge in [0.15, 0.2) is 0 Å². The lowest BCUT2D eigenvalue weighted by atomic mass is 9.68. The van der Waals surface area contributed by atoms with Crippen LogP contribution >= 0.6 is 15.9 Å². The van der Waals surface area contributed by atoms with Crippen LogP contribution in [0, 0.1) is 5.41 Å². The second-order valence-electron chi connectivity index (χ2n) is 6.85. The molecule has 0 aromatic heterocycles. The van der Waals surface area contributed by atoms with Crippen molar-refractivity contribution >= 4 is 15.9 Å². The third-order valence-corrected chi connectivity index (χ3v) is 5.23. The Morgan fingerprint density at radius 2 is 1.89 bits per heavy atom. The van der Waals surface area contributed by atoms with Gasteiger partial charge in [0.2, 0.25) is 0 Å². The zero-order chi connectivity index (χ0) is 13.7. The van der Waals surface area contributed by atoms with Crippen molar-refractivity contribution in [1.29, 1.82) is 0 Å². The molecule has 3 heteroatoms. The van der Waals surface area contributed by atoms with Gasteiger partial charge in [-0.05, 0) is 43.2 Å². The van der Waals surface area contributed by atoms with Gasteiger partial charge in [-0.25, -0.2) is 0 Å². The summed E-state index contributed by atoms with van der Waals surface area (Å²) in [6.07, 6.45) is 4.77. The first kappa shape index (κ1) is 13.4. The SMILES string of the molecule is CC1(C)CCC2(CC1)C[C@H](O)c1ccc(Br)cc1O2. The molecule has 1 aromatic carbocycles. The van der Waals surface area contributed by atoms with Gasteiger partial charge in [0.25, 0.3) is 0 Å². The zero-order valence-corrected chi connectivity index (χ0v) is 13.2. The van der Waals surface area contributed by atoms with E-state index < -0.39 is 6.10 Å². The Kier molecular flexibility index (Phi) is 3.18. The van der Waals surface area contributed by atoms with Crippen molar-refractivity contribution in [2.45, 2.75) is 57.7 Å². The smallest absolute Gasteiger partial charge is 0.127 e. The Hall–Kier alpha value is -0.540. The summed E-state index contributed by atoms with van der Waals surface area (Å²) in [5, 5.41) is 10.4. The van der Waals surface area contributed by atoms with Crippen LogP contribution in [-0.4, -0.2) is 10.7 Å². The molecule has 1 aliphatic carbocycles. The van der Waals surface area contributed by atoms with Gasteiger partial charge in [-0.2, -0.15) is 0 Å². The lowest BCUT2D eigenvalue weighted by Crippen LogP contribution is -2.45. The van der Waals surface area contributed by atoms with Crippen LogP contribution in [0.4, 0.5) is 0 Å². The van der Waals surface area contributed by atoms with Crippen LogP contribution < -0.4 is 4.74 Å². The van der Waals surface area contributed by atoms with Crippen molar-refractivity contribution in [3.63, 3.8) is 0 Å². The number of aliphatic hydroxyl groups is 1. The van der Waals surface area contributed by atoms with Crippen molar-refractivity contribution < 1.29 is 9.84 Å². The van der Waals surface area contributed by atoms with Crippen LogP contribution in [0.5, 0.6) is 5.75 Å². The van der Waals surface area contributed by atoms with E-state index in [4.69, 9.17) is 4.74 Å². The summed E-state index contributed by atoms with van der Waals surface area (Å²) in [7, 11) is 0. The highest BCUT2D eigenvalue weighted by molar-refractivity contribution is 9.10. The van der Waals surface area contributed by atoms with Gasteiger partial charge in [-0.15, -0.1) is 0 Å². The molecule has 1 saturated carbocycles. The molecule has 1 atom stereocenters. The minimum Gasteiger partial charge on any atom is -0.487 e. The van der Waals surface area contributed by atoms with E-state index in [9.17, 15) is 5.11 Å². The summed E-state index contributed by atoms with van der Waals surface area (Å²) in [6.45, 7) is 4.65. The van der Waals surface area contributed by atoms with Gasteiger partial charge in [0.1, 0.15) is 11.4 Å². The van der Waals surface area contributed by atoms with Crippen LogP contribution in [0.3, 0.4) is 0 Å². The summed E-state index contributed by atoms with van der Waals surface area (Å²) >= 11 is 3.48. The monoisotopic (exact) mass is 324 g/mol. The van der Waals surface area contributed by atoms with E-state index in [2.05, 4.69) is 29.8 Å². The molecular formula is C16H21BrO2. The summed E-state index contributed by atoms with van der Waals surface area (Å²) in [5.41, 5.74) is 1.19. The van der Waals surface area contributed by atoms with Crippen molar-refractivity contribution in [2.24, 2.45) is 5.41 Å². The molecule has 1 N–H and O–H groups in total. The zero-order valence-electron chi connectivity index (χ0n) is 11.6. The van der Waals surface area contributed by atoms with Crippen LogP contribution in [0.1, 0.15) is 57.6 Å². The largest absolute Gasteiger partial charge is 0.487 e. The van der Waals surface area contributed by atoms with Crippen LogP contribution in [-0.2, 0) is 0 Å². The highest BCUT2D eigenvalue weighted by Crippen LogP contribution is 2.50. The second-order valence-corrected chi connectivity index (χ2v) is 7.77. The van der Waals surface area contributed by atoms with Gasteiger partial charge in [0, 0.05) is 16.5 Å². The Balaban J connectivity index is 1.88. The molecule has 0 radical (unpaired) electrons. The maximum absolute atomic E-state index is 10.4. The first-order valence-electron chi connectivity index (χ1n) is 7.06. The standard InChI is InChI=1S/C16H21BrO2/c1-15(2)5-7-16(8-6-15)10-13(18)12-4-3-11(17)9-14(12)19-16/h3-4,9,13,18H,5-8,10H2,1-2H3/t13-/m0/s1. The van der Waals surface area contributed by atoms with E-state index in [0.29, 0.717) is 5.41 Å².